The maximum absolute atomic E-state index is 12.3. The predicted octanol–water partition coefficient (Wildman–Crippen LogP) is 0.121. The van der Waals surface area contributed by atoms with Gasteiger partial charge in [0, 0.05) is 44.0 Å². The number of aryl methyl sites for hydroxylation is 1. The zero-order valence-electron chi connectivity index (χ0n) is 12.5. The number of H-pyrrole nitrogens is 1. The Labute approximate surface area is 127 Å². The number of anilines is 1. The van der Waals surface area contributed by atoms with Gasteiger partial charge in [-0.05, 0) is 6.92 Å². The first kappa shape index (κ1) is 14.3. The van der Waals surface area contributed by atoms with E-state index in [4.69, 9.17) is 0 Å². The van der Waals surface area contributed by atoms with Crippen molar-refractivity contribution in [3.8, 4) is 0 Å². The fraction of sp³-hybridized carbons (Fsp3) is 0.429. The molecule has 22 heavy (non-hydrogen) atoms. The van der Waals surface area contributed by atoms with Crippen LogP contribution in [0.15, 0.2) is 18.6 Å². The van der Waals surface area contributed by atoms with Crippen LogP contribution >= 0.6 is 0 Å². The van der Waals surface area contributed by atoms with Gasteiger partial charge in [-0.1, -0.05) is 0 Å². The normalized spacial score (nSPS) is 18.0. The molecule has 0 radical (unpaired) electrons. The van der Waals surface area contributed by atoms with E-state index >= 15 is 0 Å². The number of aromatic amines is 1. The summed E-state index contributed by atoms with van der Waals surface area (Å²) in [6.45, 7) is 2.76. The van der Waals surface area contributed by atoms with Crippen LogP contribution in [0.5, 0.6) is 0 Å². The summed E-state index contributed by atoms with van der Waals surface area (Å²) in [6, 6.07) is 0. The Bertz CT molecular complexity index is 690. The summed E-state index contributed by atoms with van der Waals surface area (Å²) >= 11 is 0. The molecule has 0 saturated carbocycles. The third kappa shape index (κ3) is 2.59. The largest absolute Gasteiger partial charge is 0.352 e. The van der Waals surface area contributed by atoms with Crippen LogP contribution in [0.2, 0.25) is 0 Å². The van der Waals surface area contributed by atoms with Gasteiger partial charge in [0.2, 0.25) is 11.8 Å². The van der Waals surface area contributed by atoms with Gasteiger partial charge in [-0.3, -0.25) is 19.4 Å². The van der Waals surface area contributed by atoms with Gasteiger partial charge in [-0.2, -0.15) is 10.2 Å². The predicted molar refractivity (Wildman–Crippen MR) is 78.8 cm³/mol. The fourth-order valence-electron chi connectivity index (χ4n) is 2.57. The number of rotatable bonds is 4. The molecule has 116 valence electrons. The number of nitrogens with one attached hydrogen (secondary N) is 2. The molecule has 1 atom stereocenters. The van der Waals surface area contributed by atoms with Crippen molar-refractivity contribution in [2.24, 2.45) is 13.0 Å². The van der Waals surface area contributed by atoms with Gasteiger partial charge < -0.3 is 10.2 Å². The molecular formula is C14H18N6O2. The van der Waals surface area contributed by atoms with Crippen molar-refractivity contribution >= 4 is 17.5 Å². The summed E-state index contributed by atoms with van der Waals surface area (Å²) < 4.78 is 1.77. The molecule has 0 bridgehead atoms. The first-order valence-corrected chi connectivity index (χ1v) is 7.10. The summed E-state index contributed by atoms with van der Waals surface area (Å²) in [6.07, 6.45) is 5.20. The summed E-state index contributed by atoms with van der Waals surface area (Å²) in [4.78, 5) is 25.9. The van der Waals surface area contributed by atoms with E-state index in [2.05, 4.69) is 20.6 Å². The van der Waals surface area contributed by atoms with Crippen molar-refractivity contribution in [1.29, 1.82) is 0 Å². The van der Waals surface area contributed by atoms with Crippen LogP contribution in [0.25, 0.3) is 0 Å². The van der Waals surface area contributed by atoms with Crippen LogP contribution in [0, 0.1) is 12.8 Å². The van der Waals surface area contributed by atoms with Crippen molar-refractivity contribution in [3.05, 3.63) is 29.8 Å². The Hall–Kier alpha value is -2.64. The average molecular weight is 302 g/mol. The maximum atomic E-state index is 12.3. The van der Waals surface area contributed by atoms with Gasteiger partial charge in [0.1, 0.15) is 0 Å². The second-order valence-corrected chi connectivity index (χ2v) is 5.46. The molecule has 0 aromatic carbocycles. The molecule has 2 N–H and O–H groups in total. The van der Waals surface area contributed by atoms with Gasteiger partial charge in [-0.15, -0.1) is 0 Å². The minimum absolute atomic E-state index is 0.0564. The molecule has 1 unspecified atom stereocenters. The van der Waals surface area contributed by atoms with Gasteiger partial charge in [0.25, 0.3) is 0 Å². The van der Waals surface area contributed by atoms with Gasteiger partial charge in [0.05, 0.1) is 24.0 Å². The first-order valence-electron chi connectivity index (χ1n) is 7.10. The SMILES string of the molecule is Cc1c(CNC(=O)C2CC(=O)N(c3cn[nH]c3)C2)cnn1C. The molecule has 0 spiro atoms. The standard InChI is InChI=1S/C14H18N6O2/c1-9-11(5-18-19(9)2)4-15-14(22)10-3-13(21)20(8-10)12-6-16-17-7-12/h5-7,10H,3-4,8H2,1-2H3,(H,15,22)(H,16,17). The Kier molecular flexibility index (Phi) is 3.66. The van der Waals surface area contributed by atoms with Crippen molar-refractivity contribution in [3.63, 3.8) is 0 Å². The lowest BCUT2D eigenvalue weighted by Gasteiger charge is -2.14. The molecule has 1 saturated heterocycles. The lowest BCUT2D eigenvalue weighted by atomic mass is 10.1. The number of carbonyl (C=O) groups excluding carboxylic acids is 2. The van der Waals surface area contributed by atoms with Gasteiger partial charge in [-0.25, -0.2) is 0 Å². The number of nitrogens with zero attached hydrogens (tertiary/aromatic N) is 4. The molecule has 2 amide bonds. The summed E-state index contributed by atoms with van der Waals surface area (Å²) in [7, 11) is 1.86. The first-order chi connectivity index (χ1) is 10.6. The van der Waals surface area contributed by atoms with E-state index < -0.39 is 0 Å². The van der Waals surface area contributed by atoms with Crippen LogP contribution in [0.4, 0.5) is 5.69 Å². The fourth-order valence-corrected chi connectivity index (χ4v) is 2.57. The summed E-state index contributed by atoms with van der Waals surface area (Å²) in [5, 5.41) is 13.5. The molecule has 8 nitrogen and oxygen atoms in total. The topological polar surface area (TPSA) is 95.9 Å². The van der Waals surface area contributed by atoms with Crippen LogP contribution < -0.4 is 10.2 Å². The second kappa shape index (κ2) is 5.63. The highest BCUT2D eigenvalue weighted by Crippen LogP contribution is 2.24. The molecule has 8 heteroatoms. The Morgan fingerprint density at radius 3 is 2.95 bits per heavy atom. The lowest BCUT2D eigenvalue weighted by molar-refractivity contribution is -0.126. The molecule has 1 fully saturated rings. The average Bonchev–Trinajstić information content (AvgIpc) is 3.20. The minimum atomic E-state index is -0.334. The van der Waals surface area contributed by atoms with E-state index in [1.807, 2.05) is 14.0 Å². The highest BCUT2D eigenvalue weighted by Gasteiger charge is 2.35. The third-order valence-corrected chi connectivity index (χ3v) is 4.08. The van der Waals surface area contributed by atoms with E-state index in [0.29, 0.717) is 18.8 Å². The summed E-state index contributed by atoms with van der Waals surface area (Å²) in [5.41, 5.74) is 2.69. The van der Waals surface area contributed by atoms with Gasteiger partial charge in [0.15, 0.2) is 0 Å². The van der Waals surface area contributed by atoms with Crippen LogP contribution in [-0.2, 0) is 23.2 Å². The van der Waals surface area contributed by atoms with E-state index in [0.717, 1.165) is 11.3 Å². The van der Waals surface area contributed by atoms with E-state index in [1.165, 1.54) is 0 Å². The third-order valence-electron chi connectivity index (χ3n) is 4.08. The van der Waals surface area contributed by atoms with Crippen LogP contribution in [-0.4, -0.2) is 38.3 Å². The monoisotopic (exact) mass is 302 g/mol. The van der Waals surface area contributed by atoms with Crippen molar-refractivity contribution < 1.29 is 9.59 Å². The zero-order valence-corrected chi connectivity index (χ0v) is 12.5. The molecule has 3 rings (SSSR count). The Balaban J connectivity index is 1.59. The minimum Gasteiger partial charge on any atom is -0.352 e. The molecule has 3 heterocycles. The molecular weight excluding hydrogens is 284 g/mol. The molecule has 1 aliphatic rings. The van der Waals surface area contributed by atoms with Crippen molar-refractivity contribution in [2.75, 3.05) is 11.4 Å². The number of aromatic nitrogens is 4. The second-order valence-electron chi connectivity index (χ2n) is 5.46. The zero-order chi connectivity index (χ0) is 15.7. The number of hydrogen-bond donors (Lipinski definition) is 2. The molecule has 2 aromatic rings. The van der Waals surface area contributed by atoms with Crippen molar-refractivity contribution in [2.45, 2.75) is 19.9 Å². The molecule has 0 aliphatic carbocycles. The Morgan fingerprint density at radius 1 is 1.50 bits per heavy atom. The lowest BCUT2D eigenvalue weighted by Crippen LogP contribution is -2.32. The highest BCUT2D eigenvalue weighted by atomic mass is 16.2. The van der Waals surface area contributed by atoms with Crippen LogP contribution in [0.3, 0.4) is 0 Å². The van der Waals surface area contributed by atoms with E-state index in [9.17, 15) is 9.59 Å². The van der Waals surface area contributed by atoms with Crippen LogP contribution in [0.1, 0.15) is 17.7 Å². The number of carbonyl (C=O) groups is 2. The smallest absolute Gasteiger partial charge is 0.227 e. The van der Waals surface area contributed by atoms with E-state index in [1.54, 1.807) is 28.2 Å². The molecule has 1 aliphatic heterocycles. The van der Waals surface area contributed by atoms with Crippen molar-refractivity contribution in [1.82, 2.24) is 25.3 Å². The Morgan fingerprint density at radius 2 is 2.32 bits per heavy atom. The molecule has 2 aromatic heterocycles. The highest BCUT2D eigenvalue weighted by molar-refractivity contribution is 6.00. The van der Waals surface area contributed by atoms with E-state index in [-0.39, 0.29) is 24.2 Å². The van der Waals surface area contributed by atoms with Gasteiger partial charge >= 0.3 is 0 Å². The maximum Gasteiger partial charge on any atom is 0.227 e. The number of hydrogen-bond acceptors (Lipinski definition) is 4. The quantitative estimate of drug-likeness (QED) is 0.838. The summed E-state index contributed by atoms with van der Waals surface area (Å²) in [5.74, 6) is -0.499. The number of amides is 2.